The fourth-order valence-electron chi connectivity index (χ4n) is 0.724. The fourth-order valence-corrected chi connectivity index (χ4v) is 0.724. The quantitative estimate of drug-likeness (QED) is 0.612. The molecule has 58 valence electrons. The molecule has 0 radical (unpaired) electrons. The van der Waals surface area contributed by atoms with Gasteiger partial charge in [-0.2, -0.15) is 0 Å². The van der Waals surface area contributed by atoms with Crippen molar-refractivity contribution in [1.29, 1.82) is 0 Å². The highest BCUT2D eigenvalue weighted by molar-refractivity contribution is 5.76. The molecule has 0 aromatic carbocycles. The zero-order valence-electron chi connectivity index (χ0n) is 6.77. The van der Waals surface area contributed by atoms with Gasteiger partial charge in [0.15, 0.2) is 0 Å². The Bertz CT molecular complexity index is 157. The van der Waals surface area contributed by atoms with Gasteiger partial charge in [-0.05, 0) is 6.92 Å². The van der Waals surface area contributed by atoms with Crippen LogP contribution in [0.3, 0.4) is 0 Å². The predicted molar refractivity (Wildman–Crippen MR) is 40.8 cm³/mol. The van der Waals surface area contributed by atoms with Crippen molar-refractivity contribution in [2.45, 2.75) is 27.2 Å². The molecule has 0 amide bonds. The third kappa shape index (κ3) is 2.67. The maximum atomic E-state index is 10.6. The molecule has 0 aliphatic rings. The van der Waals surface area contributed by atoms with E-state index >= 15 is 0 Å². The molecule has 2 nitrogen and oxygen atoms in total. The topological polar surface area (TPSA) is 37.3 Å². The number of rotatable bonds is 3. The molecule has 0 saturated carbocycles. The van der Waals surface area contributed by atoms with Gasteiger partial charge in [-0.3, -0.25) is 4.79 Å². The van der Waals surface area contributed by atoms with Crippen molar-refractivity contribution in [3.8, 4) is 0 Å². The lowest BCUT2D eigenvalue weighted by molar-refractivity contribution is -0.118. The van der Waals surface area contributed by atoms with E-state index in [2.05, 4.69) is 6.58 Å². The van der Waals surface area contributed by atoms with Crippen LogP contribution in [0, 0.1) is 5.41 Å². The lowest BCUT2D eigenvalue weighted by Gasteiger charge is -2.20. The first-order valence-corrected chi connectivity index (χ1v) is 3.24. The Kier molecular flexibility index (Phi) is 2.64. The van der Waals surface area contributed by atoms with Gasteiger partial charge in [0.2, 0.25) is 0 Å². The second-order valence-electron chi connectivity index (χ2n) is 3.21. The maximum absolute atomic E-state index is 10.6. The molecule has 0 rings (SSSR count). The van der Waals surface area contributed by atoms with Gasteiger partial charge in [-0.25, -0.2) is 0 Å². The summed E-state index contributed by atoms with van der Waals surface area (Å²) in [7, 11) is 0. The molecule has 0 aliphatic carbocycles. The number of hydrogen-bond acceptors (Lipinski definition) is 2. The van der Waals surface area contributed by atoms with Crippen LogP contribution in [0.1, 0.15) is 27.2 Å². The summed E-state index contributed by atoms with van der Waals surface area (Å²) >= 11 is 0. The van der Waals surface area contributed by atoms with Crippen LogP contribution in [0.5, 0.6) is 0 Å². The minimum absolute atomic E-state index is 0.0696. The molecular weight excluding hydrogens is 128 g/mol. The molecule has 0 aromatic rings. The smallest absolute Gasteiger partial charge is 0.130 e. The number of hydrogen-bond donors (Lipinski definition) is 1. The van der Waals surface area contributed by atoms with Crippen LogP contribution in [-0.2, 0) is 4.79 Å². The van der Waals surface area contributed by atoms with E-state index in [9.17, 15) is 4.79 Å². The highest BCUT2D eigenvalue weighted by Crippen LogP contribution is 2.26. The average Bonchev–Trinajstić information content (AvgIpc) is 1.60. The Morgan fingerprint density at radius 2 is 2.00 bits per heavy atom. The molecule has 1 N–H and O–H groups in total. The summed E-state index contributed by atoms with van der Waals surface area (Å²) < 4.78 is 0. The zero-order valence-corrected chi connectivity index (χ0v) is 6.77. The SMILES string of the molecule is C=C(O)C(C)(C)CC(C)=O. The van der Waals surface area contributed by atoms with E-state index in [-0.39, 0.29) is 11.5 Å². The average molecular weight is 142 g/mol. The van der Waals surface area contributed by atoms with Gasteiger partial charge < -0.3 is 5.11 Å². The molecule has 0 heterocycles. The van der Waals surface area contributed by atoms with E-state index in [0.717, 1.165) is 0 Å². The minimum atomic E-state index is -0.466. The minimum Gasteiger partial charge on any atom is -0.512 e. The van der Waals surface area contributed by atoms with Crippen LogP contribution in [0.25, 0.3) is 0 Å². The van der Waals surface area contributed by atoms with Gasteiger partial charge in [0, 0.05) is 11.8 Å². The molecule has 0 bridgehead atoms. The Morgan fingerprint density at radius 1 is 1.60 bits per heavy atom. The summed E-state index contributed by atoms with van der Waals surface area (Å²) in [5.41, 5.74) is -0.466. The van der Waals surface area contributed by atoms with Gasteiger partial charge in [-0.15, -0.1) is 0 Å². The van der Waals surface area contributed by atoms with Crippen LogP contribution < -0.4 is 0 Å². The largest absolute Gasteiger partial charge is 0.512 e. The van der Waals surface area contributed by atoms with Gasteiger partial charge in [-0.1, -0.05) is 20.4 Å². The molecule has 0 spiro atoms. The number of ketones is 1. The van der Waals surface area contributed by atoms with E-state index < -0.39 is 5.41 Å². The monoisotopic (exact) mass is 142 g/mol. The lowest BCUT2D eigenvalue weighted by atomic mass is 9.86. The molecule has 0 aliphatic heterocycles. The van der Waals surface area contributed by atoms with E-state index in [0.29, 0.717) is 6.42 Å². The van der Waals surface area contributed by atoms with E-state index in [1.165, 1.54) is 6.92 Å². The number of carbonyl (C=O) groups excluding carboxylic acids is 1. The third-order valence-electron chi connectivity index (χ3n) is 1.47. The predicted octanol–water partition coefficient (Wildman–Crippen LogP) is 2.06. The standard InChI is InChI=1S/C8H14O2/c1-6(9)5-8(3,4)7(2)10/h10H,2,5H2,1,3-4H3. The van der Waals surface area contributed by atoms with E-state index in [4.69, 9.17) is 5.11 Å². The molecule has 0 aromatic heterocycles. The molecule has 0 saturated heterocycles. The second-order valence-corrected chi connectivity index (χ2v) is 3.21. The van der Waals surface area contributed by atoms with E-state index in [1.807, 2.05) is 0 Å². The van der Waals surface area contributed by atoms with Crippen molar-refractivity contribution in [2.75, 3.05) is 0 Å². The molecular formula is C8H14O2. The maximum Gasteiger partial charge on any atom is 0.130 e. The second kappa shape index (κ2) is 2.86. The Hall–Kier alpha value is -0.790. The summed E-state index contributed by atoms with van der Waals surface area (Å²) in [4.78, 5) is 10.6. The number of allylic oxidation sites excluding steroid dienone is 1. The van der Waals surface area contributed by atoms with Crippen molar-refractivity contribution in [3.05, 3.63) is 12.3 Å². The summed E-state index contributed by atoms with van der Waals surface area (Å²) in [6.07, 6.45) is 0.350. The Morgan fingerprint density at radius 3 is 2.10 bits per heavy atom. The summed E-state index contributed by atoms with van der Waals surface area (Å²) in [5.74, 6) is 0.142. The highest BCUT2D eigenvalue weighted by Gasteiger charge is 2.22. The first-order chi connectivity index (χ1) is 4.36. The first kappa shape index (κ1) is 9.21. The molecule has 2 heteroatoms. The van der Waals surface area contributed by atoms with Crippen molar-refractivity contribution in [2.24, 2.45) is 5.41 Å². The van der Waals surface area contributed by atoms with Crippen molar-refractivity contribution >= 4 is 5.78 Å². The van der Waals surface area contributed by atoms with Gasteiger partial charge in [0.05, 0.1) is 5.76 Å². The lowest BCUT2D eigenvalue weighted by Crippen LogP contribution is -2.17. The van der Waals surface area contributed by atoms with Crippen molar-refractivity contribution in [3.63, 3.8) is 0 Å². The molecule has 10 heavy (non-hydrogen) atoms. The van der Waals surface area contributed by atoms with Gasteiger partial charge in [0.1, 0.15) is 5.78 Å². The number of aliphatic hydroxyl groups is 1. The first-order valence-electron chi connectivity index (χ1n) is 3.24. The highest BCUT2D eigenvalue weighted by atomic mass is 16.3. The normalized spacial score (nSPS) is 11.1. The van der Waals surface area contributed by atoms with Crippen molar-refractivity contribution in [1.82, 2.24) is 0 Å². The summed E-state index contributed by atoms with van der Waals surface area (Å²) in [6, 6.07) is 0. The van der Waals surface area contributed by atoms with Crippen LogP contribution >= 0.6 is 0 Å². The van der Waals surface area contributed by atoms with Crippen LogP contribution in [0.4, 0.5) is 0 Å². The number of Topliss-reactive ketones (excluding diaryl/α,β-unsaturated/α-hetero) is 1. The van der Waals surface area contributed by atoms with Crippen LogP contribution in [0.2, 0.25) is 0 Å². The summed E-state index contributed by atoms with van der Waals surface area (Å²) in [6.45, 7) is 8.46. The Balaban J connectivity index is 4.13. The number of carbonyl (C=O) groups is 1. The number of aliphatic hydroxyl groups excluding tert-OH is 1. The summed E-state index contributed by atoms with van der Waals surface area (Å²) in [5, 5.41) is 8.98. The van der Waals surface area contributed by atoms with Gasteiger partial charge in [0.25, 0.3) is 0 Å². The third-order valence-corrected chi connectivity index (χ3v) is 1.47. The molecule has 0 fully saturated rings. The molecule has 0 unspecified atom stereocenters. The van der Waals surface area contributed by atoms with Crippen LogP contribution in [0.15, 0.2) is 12.3 Å². The fraction of sp³-hybridized carbons (Fsp3) is 0.625. The molecule has 0 atom stereocenters. The van der Waals surface area contributed by atoms with Gasteiger partial charge >= 0.3 is 0 Å². The zero-order chi connectivity index (χ0) is 8.36. The van der Waals surface area contributed by atoms with Crippen molar-refractivity contribution < 1.29 is 9.90 Å². The van der Waals surface area contributed by atoms with E-state index in [1.54, 1.807) is 13.8 Å². The Labute approximate surface area is 61.6 Å². The van der Waals surface area contributed by atoms with Crippen LogP contribution in [-0.4, -0.2) is 10.9 Å².